The second-order valence-electron chi connectivity index (χ2n) is 3.39. The lowest BCUT2D eigenvalue weighted by Crippen LogP contribution is -2.35. The van der Waals surface area contributed by atoms with Crippen molar-refractivity contribution in [2.75, 3.05) is 32.5 Å². The number of nitriles is 1. The molecule has 1 aromatic rings. The number of carbonyl (C=O) groups excluding carboxylic acids is 1. The van der Waals surface area contributed by atoms with E-state index >= 15 is 0 Å². The maximum absolute atomic E-state index is 12.0. The van der Waals surface area contributed by atoms with Crippen molar-refractivity contribution in [3.8, 4) is 6.07 Å². The largest absolute Gasteiger partial charge is 0.396 e. The number of amides is 1. The van der Waals surface area contributed by atoms with Crippen LogP contribution in [0.2, 0.25) is 0 Å². The quantitative estimate of drug-likeness (QED) is 0.723. The van der Waals surface area contributed by atoms with Gasteiger partial charge in [-0.15, -0.1) is 0 Å². The Morgan fingerprint density at radius 1 is 1.71 bits per heavy atom. The van der Waals surface area contributed by atoms with Crippen LogP contribution in [0.15, 0.2) is 6.20 Å². The van der Waals surface area contributed by atoms with Crippen molar-refractivity contribution in [2.24, 2.45) is 0 Å². The van der Waals surface area contributed by atoms with Crippen LogP contribution < -0.4 is 5.73 Å². The Balaban J connectivity index is 2.72. The molecule has 0 aromatic carbocycles. The Labute approximate surface area is 99.2 Å². The highest BCUT2D eigenvalue weighted by atomic mass is 16.5. The lowest BCUT2D eigenvalue weighted by molar-refractivity contribution is 0.0695. The third-order valence-electron chi connectivity index (χ3n) is 2.23. The van der Waals surface area contributed by atoms with Crippen molar-refractivity contribution in [2.45, 2.75) is 6.42 Å². The molecular weight excluding hydrogens is 222 g/mol. The molecule has 0 fully saturated rings. The molecule has 1 rings (SSSR count). The van der Waals surface area contributed by atoms with Crippen LogP contribution in [-0.4, -0.2) is 47.8 Å². The van der Waals surface area contributed by atoms with Gasteiger partial charge < -0.3 is 15.4 Å². The van der Waals surface area contributed by atoms with Gasteiger partial charge in [0.05, 0.1) is 31.0 Å². The number of carbonyl (C=O) groups is 1. The molecule has 7 nitrogen and oxygen atoms in total. The number of nitrogens with one attached hydrogen (secondary N) is 1. The lowest BCUT2D eigenvalue weighted by Gasteiger charge is -2.20. The van der Waals surface area contributed by atoms with Crippen LogP contribution in [-0.2, 0) is 4.74 Å². The highest BCUT2D eigenvalue weighted by Gasteiger charge is 2.19. The van der Waals surface area contributed by atoms with E-state index in [0.717, 1.165) is 0 Å². The van der Waals surface area contributed by atoms with Gasteiger partial charge in [-0.1, -0.05) is 0 Å². The number of aromatic nitrogens is 2. The van der Waals surface area contributed by atoms with Crippen LogP contribution in [0, 0.1) is 11.3 Å². The average Bonchev–Trinajstić information content (AvgIpc) is 2.75. The molecule has 0 unspecified atom stereocenters. The van der Waals surface area contributed by atoms with E-state index in [9.17, 15) is 4.79 Å². The summed E-state index contributed by atoms with van der Waals surface area (Å²) in [5.41, 5.74) is 6.15. The van der Waals surface area contributed by atoms with E-state index in [1.54, 1.807) is 7.11 Å². The Bertz CT molecular complexity index is 409. The maximum Gasteiger partial charge on any atom is 0.274 e. The molecule has 17 heavy (non-hydrogen) atoms. The van der Waals surface area contributed by atoms with Gasteiger partial charge in [-0.3, -0.25) is 9.89 Å². The SMILES string of the molecule is COCCN(CCC#N)C(=O)c1[nH]ncc1N. The first kappa shape index (κ1) is 13.0. The zero-order valence-corrected chi connectivity index (χ0v) is 9.64. The van der Waals surface area contributed by atoms with E-state index < -0.39 is 0 Å². The fourth-order valence-electron chi connectivity index (χ4n) is 1.33. The first-order valence-electron chi connectivity index (χ1n) is 5.14. The minimum Gasteiger partial charge on any atom is -0.396 e. The fraction of sp³-hybridized carbons (Fsp3) is 0.500. The lowest BCUT2D eigenvalue weighted by atomic mass is 10.3. The van der Waals surface area contributed by atoms with Gasteiger partial charge in [-0.2, -0.15) is 10.4 Å². The zero-order chi connectivity index (χ0) is 12.7. The normalized spacial score (nSPS) is 9.88. The van der Waals surface area contributed by atoms with Gasteiger partial charge in [0, 0.05) is 20.2 Å². The van der Waals surface area contributed by atoms with Crippen LogP contribution in [0.3, 0.4) is 0 Å². The Hall–Kier alpha value is -2.07. The summed E-state index contributed by atoms with van der Waals surface area (Å²) in [4.78, 5) is 13.6. The third-order valence-corrected chi connectivity index (χ3v) is 2.23. The van der Waals surface area contributed by atoms with Crippen LogP contribution in [0.1, 0.15) is 16.9 Å². The molecule has 0 spiro atoms. The maximum atomic E-state index is 12.0. The Morgan fingerprint density at radius 2 is 2.47 bits per heavy atom. The number of nitrogens with zero attached hydrogens (tertiary/aromatic N) is 3. The molecule has 0 aliphatic heterocycles. The van der Waals surface area contributed by atoms with Crippen molar-refractivity contribution in [1.29, 1.82) is 5.26 Å². The summed E-state index contributed by atoms with van der Waals surface area (Å²) < 4.78 is 4.92. The summed E-state index contributed by atoms with van der Waals surface area (Å²) >= 11 is 0. The number of methoxy groups -OCH3 is 1. The monoisotopic (exact) mass is 237 g/mol. The van der Waals surface area contributed by atoms with Crippen molar-refractivity contribution in [3.63, 3.8) is 0 Å². The molecular formula is C10H15N5O2. The predicted octanol–water partition coefficient (Wildman–Crippen LogP) is -0.00582. The van der Waals surface area contributed by atoms with Gasteiger partial charge in [0.15, 0.2) is 0 Å². The number of anilines is 1. The van der Waals surface area contributed by atoms with E-state index in [1.807, 2.05) is 6.07 Å². The van der Waals surface area contributed by atoms with Crippen LogP contribution in [0.25, 0.3) is 0 Å². The standard InChI is InChI=1S/C10H15N5O2/c1-17-6-5-15(4-2-3-11)10(16)9-8(12)7-13-14-9/h7H,2,4-6,12H2,1H3,(H,13,14). The molecule has 1 amide bonds. The molecule has 7 heteroatoms. The smallest absolute Gasteiger partial charge is 0.274 e. The molecule has 0 saturated carbocycles. The molecule has 92 valence electrons. The molecule has 1 aromatic heterocycles. The molecule has 0 aliphatic rings. The van der Waals surface area contributed by atoms with Crippen molar-refractivity contribution < 1.29 is 9.53 Å². The molecule has 3 N–H and O–H groups in total. The summed E-state index contributed by atoms with van der Waals surface area (Å²) in [7, 11) is 1.55. The van der Waals surface area contributed by atoms with Crippen LogP contribution >= 0.6 is 0 Å². The number of nitrogens with two attached hydrogens (primary N) is 1. The first-order chi connectivity index (χ1) is 8.20. The van der Waals surface area contributed by atoms with Crippen LogP contribution in [0.4, 0.5) is 5.69 Å². The second kappa shape index (κ2) is 6.50. The second-order valence-corrected chi connectivity index (χ2v) is 3.39. The number of rotatable bonds is 6. The summed E-state index contributed by atoms with van der Waals surface area (Å²) in [6.45, 7) is 1.16. The number of hydrogen-bond donors (Lipinski definition) is 2. The van der Waals surface area contributed by atoms with Gasteiger partial charge in [-0.05, 0) is 0 Å². The van der Waals surface area contributed by atoms with E-state index in [0.29, 0.717) is 25.4 Å². The summed E-state index contributed by atoms with van der Waals surface area (Å²) in [6.07, 6.45) is 1.65. The van der Waals surface area contributed by atoms with Gasteiger partial charge in [0.2, 0.25) is 0 Å². The van der Waals surface area contributed by atoms with E-state index in [-0.39, 0.29) is 18.0 Å². The van der Waals surface area contributed by atoms with Crippen molar-refractivity contribution in [3.05, 3.63) is 11.9 Å². The summed E-state index contributed by atoms with van der Waals surface area (Å²) in [5, 5.41) is 14.8. The van der Waals surface area contributed by atoms with Gasteiger partial charge in [-0.25, -0.2) is 0 Å². The molecule has 0 radical (unpaired) electrons. The number of nitrogen functional groups attached to an aromatic ring is 1. The average molecular weight is 237 g/mol. The first-order valence-corrected chi connectivity index (χ1v) is 5.14. The molecule has 0 aliphatic carbocycles. The zero-order valence-electron chi connectivity index (χ0n) is 9.64. The molecule has 0 saturated heterocycles. The summed E-state index contributed by atoms with van der Waals surface area (Å²) in [6, 6.07) is 2.00. The van der Waals surface area contributed by atoms with E-state index in [1.165, 1.54) is 11.1 Å². The highest BCUT2D eigenvalue weighted by Crippen LogP contribution is 2.10. The van der Waals surface area contributed by atoms with Gasteiger partial charge >= 0.3 is 0 Å². The van der Waals surface area contributed by atoms with Crippen LogP contribution in [0.5, 0.6) is 0 Å². The number of hydrogen-bond acceptors (Lipinski definition) is 5. The number of aromatic amines is 1. The molecule has 0 bridgehead atoms. The van der Waals surface area contributed by atoms with Crippen molar-refractivity contribution in [1.82, 2.24) is 15.1 Å². The number of ether oxygens (including phenoxy) is 1. The Morgan fingerprint density at radius 3 is 3.00 bits per heavy atom. The highest BCUT2D eigenvalue weighted by molar-refractivity contribution is 5.96. The summed E-state index contributed by atoms with van der Waals surface area (Å²) in [5.74, 6) is -0.271. The molecule has 0 atom stereocenters. The number of H-pyrrole nitrogens is 1. The third kappa shape index (κ3) is 3.46. The van der Waals surface area contributed by atoms with E-state index in [2.05, 4.69) is 10.2 Å². The fourth-order valence-corrected chi connectivity index (χ4v) is 1.33. The van der Waals surface area contributed by atoms with Gasteiger partial charge in [0.25, 0.3) is 5.91 Å². The van der Waals surface area contributed by atoms with Crippen molar-refractivity contribution >= 4 is 11.6 Å². The van der Waals surface area contributed by atoms with Gasteiger partial charge in [0.1, 0.15) is 5.69 Å². The minimum absolute atomic E-state index is 0.249. The topological polar surface area (TPSA) is 108 Å². The predicted molar refractivity (Wildman–Crippen MR) is 61.0 cm³/mol. The molecule has 1 heterocycles. The van der Waals surface area contributed by atoms with E-state index in [4.69, 9.17) is 15.7 Å². The Kier molecular flexibility index (Phi) is 4.97. The minimum atomic E-state index is -0.271.